The van der Waals surface area contributed by atoms with Crippen LogP contribution in [0.15, 0.2) is 0 Å². The quantitative estimate of drug-likeness (QED) is 0.516. The fourth-order valence-electron chi connectivity index (χ4n) is 2.72. The van der Waals surface area contributed by atoms with Crippen LogP contribution < -0.4 is 0 Å². The van der Waals surface area contributed by atoms with Gasteiger partial charge in [0.25, 0.3) is 0 Å². The standard InChI is InChI=1S/C10H16O2/c1-6-3-4-8-7(2)5-12-10(11)9(6)8/h6-9H,3-5H2,1-2H3/t6-,7+,8+,9+/m1/s1. The maximum absolute atomic E-state index is 11.4. The zero-order valence-electron chi connectivity index (χ0n) is 7.75. The lowest BCUT2D eigenvalue weighted by molar-refractivity contribution is -0.160. The number of hydrogen-bond donors (Lipinski definition) is 0. The van der Waals surface area contributed by atoms with Crippen molar-refractivity contribution in [2.24, 2.45) is 23.7 Å². The highest BCUT2D eigenvalue weighted by molar-refractivity contribution is 5.74. The fraction of sp³-hybridized carbons (Fsp3) is 0.900. The molecule has 1 aliphatic carbocycles. The summed E-state index contributed by atoms with van der Waals surface area (Å²) >= 11 is 0. The van der Waals surface area contributed by atoms with E-state index in [1.165, 1.54) is 12.8 Å². The van der Waals surface area contributed by atoms with E-state index >= 15 is 0 Å². The van der Waals surface area contributed by atoms with Crippen LogP contribution in [0.1, 0.15) is 26.7 Å². The minimum atomic E-state index is 0.0584. The van der Waals surface area contributed by atoms with Gasteiger partial charge in [0.05, 0.1) is 12.5 Å². The summed E-state index contributed by atoms with van der Waals surface area (Å²) in [6.45, 7) is 5.01. The van der Waals surface area contributed by atoms with Crippen molar-refractivity contribution in [3.63, 3.8) is 0 Å². The van der Waals surface area contributed by atoms with Gasteiger partial charge in [-0.05, 0) is 30.6 Å². The Hall–Kier alpha value is -0.530. The molecule has 0 aromatic heterocycles. The summed E-state index contributed by atoms with van der Waals surface area (Å²) in [5, 5.41) is 0. The van der Waals surface area contributed by atoms with Crippen LogP contribution in [0.4, 0.5) is 0 Å². The molecule has 4 atom stereocenters. The Morgan fingerprint density at radius 2 is 2.00 bits per heavy atom. The Morgan fingerprint density at radius 1 is 1.25 bits per heavy atom. The summed E-state index contributed by atoms with van der Waals surface area (Å²) in [5.41, 5.74) is 0. The monoisotopic (exact) mass is 168 g/mol. The molecule has 1 heterocycles. The molecular formula is C10H16O2. The molecule has 12 heavy (non-hydrogen) atoms. The van der Waals surface area contributed by atoms with E-state index < -0.39 is 0 Å². The number of esters is 1. The van der Waals surface area contributed by atoms with Crippen molar-refractivity contribution in [3.8, 4) is 0 Å². The second kappa shape index (κ2) is 2.75. The molecule has 1 saturated heterocycles. The van der Waals surface area contributed by atoms with Crippen molar-refractivity contribution in [2.45, 2.75) is 26.7 Å². The Balaban J connectivity index is 2.18. The summed E-state index contributed by atoms with van der Waals surface area (Å²) in [6, 6.07) is 0. The lowest BCUT2D eigenvalue weighted by atomic mass is 9.81. The molecule has 0 aromatic rings. The Labute approximate surface area is 73.3 Å². The van der Waals surface area contributed by atoms with Crippen LogP contribution >= 0.6 is 0 Å². The molecule has 2 nitrogen and oxygen atoms in total. The minimum absolute atomic E-state index is 0.0584. The number of hydrogen-bond acceptors (Lipinski definition) is 2. The van der Waals surface area contributed by atoms with Crippen molar-refractivity contribution in [1.82, 2.24) is 0 Å². The maximum Gasteiger partial charge on any atom is 0.309 e. The first-order valence-electron chi connectivity index (χ1n) is 4.87. The molecular weight excluding hydrogens is 152 g/mol. The lowest BCUT2D eigenvalue weighted by Crippen LogP contribution is -2.37. The third-order valence-corrected chi connectivity index (χ3v) is 3.52. The van der Waals surface area contributed by atoms with Crippen molar-refractivity contribution >= 4 is 5.97 Å². The van der Waals surface area contributed by atoms with Gasteiger partial charge < -0.3 is 4.74 Å². The molecule has 0 aromatic carbocycles. The van der Waals surface area contributed by atoms with Gasteiger partial charge in [-0.2, -0.15) is 0 Å². The van der Waals surface area contributed by atoms with E-state index in [9.17, 15) is 4.79 Å². The van der Waals surface area contributed by atoms with Crippen molar-refractivity contribution in [1.29, 1.82) is 0 Å². The maximum atomic E-state index is 11.4. The van der Waals surface area contributed by atoms with Gasteiger partial charge >= 0.3 is 5.97 Å². The van der Waals surface area contributed by atoms with Crippen molar-refractivity contribution in [3.05, 3.63) is 0 Å². The average Bonchev–Trinajstić information content (AvgIpc) is 2.42. The summed E-state index contributed by atoms with van der Waals surface area (Å²) in [5.74, 6) is 2.01. The highest BCUT2D eigenvalue weighted by atomic mass is 16.5. The first-order valence-corrected chi connectivity index (χ1v) is 4.87. The normalized spacial score (nSPS) is 47.0. The first kappa shape index (κ1) is 8.09. The third-order valence-electron chi connectivity index (χ3n) is 3.52. The molecule has 2 rings (SSSR count). The predicted molar refractivity (Wildman–Crippen MR) is 45.5 cm³/mol. The lowest BCUT2D eigenvalue weighted by Gasteiger charge is -2.31. The van der Waals surface area contributed by atoms with Crippen LogP contribution in [0.25, 0.3) is 0 Å². The van der Waals surface area contributed by atoms with Gasteiger partial charge in [-0.25, -0.2) is 0 Å². The summed E-state index contributed by atoms with van der Waals surface area (Å²) < 4.78 is 5.14. The molecule has 2 aliphatic rings. The molecule has 0 radical (unpaired) electrons. The van der Waals surface area contributed by atoms with Gasteiger partial charge in [0.15, 0.2) is 0 Å². The molecule has 2 heteroatoms. The van der Waals surface area contributed by atoms with Gasteiger partial charge in [-0.1, -0.05) is 13.8 Å². The minimum Gasteiger partial charge on any atom is -0.465 e. The van der Waals surface area contributed by atoms with Gasteiger partial charge in [0, 0.05) is 0 Å². The molecule has 2 fully saturated rings. The third kappa shape index (κ3) is 1.05. The van der Waals surface area contributed by atoms with E-state index in [4.69, 9.17) is 4.74 Å². The second-order valence-corrected chi connectivity index (χ2v) is 4.35. The van der Waals surface area contributed by atoms with Crippen molar-refractivity contribution < 1.29 is 9.53 Å². The molecule has 68 valence electrons. The number of cyclic esters (lactones) is 1. The summed E-state index contributed by atoms with van der Waals surface area (Å²) in [4.78, 5) is 11.4. The Morgan fingerprint density at radius 3 is 2.67 bits per heavy atom. The highest BCUT2D eigenvalue weighted by Gasteiger charge is 2.45. The molecule has 1 aliphatic heterocycles. The van der Waals surface area contributed by atoms with E-state index in [-0.39, 0.29) is 11.9 Å². The van der Waals surface area contributed by atoms with E-state index in [2.05, 4.69) is 13.8 Å². The van der Waals surface area contributed by atoms with Crippen LogP contribution in [0.5, 0.6) is 0 Å². The number of rotatable bonds is 0. The second-order valence-electron chi connectivity index (χ2n) is 4.35. The predicted octanol–water partition coefficient (Wildman–Crippen LogP) is 1.84. The van der Waals surface area contributed by atoms with Crippen molar-refractivity contribution in [2.75, 3.05) is 6.61 Å². The van der Waals surface area contributed by atoms with E-state index in [0.29, 0.717) is 24.4 Å². The van der Waals surface area contributed by atoms with Crippen LogP contribution in [0, 0.1) is 23.7 Å². The number of ether oxygens (including phenoxy) is 1. The van der Waals surface area contributed by atoms with Gasteiger partial charge in [-0.15, -0.1) is 0 Å². The average molecular weight is 168 g/mol. The van der Waals surface area contributed by atoms with E-state index in [1.54, 1.807) is 0 Å². The molecule has 0 bridgehead atoms. The van der Waals surface area contributed by atoms with E-state index in [0.717, 1.165) is 0 Å². The Kier molecular flexibility index (Phi) is 1.85. The fourth-order valence-corrected chi connectivity index (χ4v) is 2.72. The smallest absolute Gasteiger partial charge is 0.309 e. The first-order chi connectivity index (χ1) is 5.70. The highest BCUT2D eigenvalue weighted by Crippen LogP contribution is 2.44. The molecule has 1 saturated carbocycles. The largest absolute Gasteiger partial charge is 0.465 e. The SMILES string of the molecule is C[C@@H]1CC[C@@H]2[C@H]1C(=O)OC[C@@H]2C. The van der Waals surface area contributed by atoms with Crippen LogP contribution in [-0.4, -0.2) is 12.6 Å². The van der Waals surface area contributed by atoms with Crippen LogP contribution in [0.2, 0.25) is 0 Å². The Bertz CT molecular complexity index is 200. The van der Waals surface area contributed by atoms with Gasteiger partial charge in [0.1, 0.15) is 0 Å². The number of carbonyl (C=O) groups is 1. The number of carbonyl (C=O) groups excluding carboxylic acids is 1. The molecule has 0 unspecified atom stereocenters. The number of fused-ring (bicyclic) bond motifs is 1. The van der Waals surface area contributed by atoms with Crippen LogP contribution in [-0.2, 0) is 9.53 Å². The van der Waals surface area contributed by atoms with Gasteiger partial charge in [-0.3, -0.25) is 4.79 Å². The topological polar surface area (TPSA) is 26.3 Å². The summed E-state index contributed by atoms with van der Waals surface area (Å²) in [6.07, 6.45) is 2.43. The van der Waals surface area contributed by atoms with E-state index in [1.807, 2.05) is 0 Å². The molecule has 0 amide bonds. The van der Waals surface area contributed by atoms with Crippen LogP contribution in [0.3, 0.4) is 0 Å². The zero-order valence-corrected chi connectivity index (χ0v) is 7.75. The zero-order chi connectivity index (χ0) is 8.72. The molecule has 0 spiro atoms. The van der Waals surface area contributed by atoms with Gasteiger partial charge in [0.2, 0.25) is 0 Å². The molecule has 0 N–H and O–H groups in total. The summed E-state index contributed by atoms with van der Waals surface area (Å²) in [7, 11) is 0.